The van der Waals surface area contributed by atoms with Gasteiger partial charge in [0.2, 0.25) is 0 Å². The molecule has 2 aliphatic heterocycles. The Kier molecular flexibility index (Phi) is 18.7. The number of fused-ring (bicyclic) bond motifs is 1. The fourth-order valence-corrected chi connectivity index (χ4v) is 12.4. The normalized spacial score (nSPS) is 14.9. The highest BCUT2D eigenvalue weighted by atomic mass is 35.5. The van der Waals surface area contributed by atoms with E-state index in [0.717, 1.165) is 27.8 Å². The number of nitrogens with zero attached hydrogens (tertiary/aromatic N) is 3. The molecular formula is C63H54Cl3N5O10S2. The maximum atomic E-state index is 14.9. The molecule has 3 heterocycles. The van der Waals surface area contributed by atoms with Gasteiger partial charge in [-0.1, -0.05) is 156 Å². The second-order valence-electron chi connectivity index (χ2n) is 18.9. The Morgan fingerprint density at radius 2 is 1.19 bits per heavy atom. The number of carbonyl (C=O) groups is 3. The molecule has 0 saturated carbocycles. The molecule has 1 saturated heterocycles. The van der Waals surface area contributed by atoms with Gasteiger partial charge in [-0.05, 0) is 81.4 Å². The molecule has 424 valence electrons. The van der Waals surface area contributed by atoms with E-state index < -0.39 is 34.7 Å². The quantitative estimate of drug-likeness (QED) is 0.0147. The van der Waals surface area contributed by atoms with Crippen LogP contribution in [0, 0.1) is 0 Å². The average molecular weight is 1210 g/mol. The van der Waals surface area contributed by atoms with Gasteiger partial charge in [0.25, 0.3) is 11.8 Å². The first-order chi connectivity index (χ1) is 40.5. The molecule has 1 aromatic heterocycles. The molecule has 1 fully saturated rings. The van der Waals surface area contributed by atoms with E-state index in [4.69, 9.17) is 73.0 Å². The molecule has 2 aliphatic rings. The lowest BCUT2D eigenvalue weighted by atomic mass is 9.77. The SMILES string of the molecule is COc1ccc(COC(=O)C2=C(CCl)CS[C@H]3C(NC(=O)/C(=N\OCc4cc(Cl)c(OCc5ccc(OC)cc5)c(OCc5ccc(OC)cc5)c4Cl)c4csc(NC(c5ccccc5)(c5ccccc5)c5ccccc5)n4)C(=O)N23)cc1. The zero-order valence-corrected chi connectivity index (χ0v) is 48.9. The first-order valence-electron chi connectivity index (χ1n) is 26.0. The second-order valence-corrected chi connectivity index (χ2v) is 21.9. The number of alkyl halides is 1. The number of hydrogen-bond acceptors (Lipinski definition) is 15. The van der Waals surface area contributed by atoms with Crippen molar-refractivity contribution in [3.05, 3.63) is 241 Å². The molecule has 10 rings (SSSR count). The largest absolute Gasteiger partial charge is 0.497 e. The number of anilines is 1. The van der Waals surface area contributed by atoms with Gasteiger partial charge in [-0.3, -0.25) is 14.5 Å². The van der Waals surface area contributed by atoms with Crippen LogP contribution in [0.3, 0.4) is 0 Å². The third-order valence-electron chi connectivity index (χ3n) is 13.8. The third-order valence-corrected chi connectivity index (χ3v) is 16.9. The third kappa shape index (κ3) is 12.9. The average Bonchev–Trinajstić information content (AvgIpc) is 4.21. The number of esters is 1. The van der Waals surface area contributed by atoms with Crippen molar-refractivity contribution in [2.45, 2.75) is 43.4 Å². The van der Waals surface area contributed by atoms with Crippen LogP contribution in [0.25, 0.3) is 0 Å². The number of oxime groups is 1. The summed E-state index contributed by atoms with van der Waals surface area (Å²) < 4.78 is 34.3. The number of benzene rings is 7. The summed E-state index contributed by atoms with van der Waals surface area (Å²) in [6.45, 7) is -0.179. The van der Waals surface area contributed by atoms with Crippen LogP contribution in [-0.2, 0) is 55.9 Å². The van der Waals surface area contributed by atoms with E-state index in [1.807, 2.05) is 140 Å². The number of rotatable bonds is 24. The van der Waals surface area contributed by atoms with Crippen molar-refractivity contribution in [1.82, 2.24) is 15.2 Å². The lowest BCUT2D eigenvalue weighted by Gasteiger charge is -2.49. The standard InChI is InChI=1S/C63H54Cl3N5O10S2/c1-75-47-25-19-39(20-26-47)33-78-56-50(65)31-42(52(66)57(56)79-34-40-21-27-48(76-2)28-22-40)36-81-70-53(51-38-83-62(67-51)69-63(44-13-7-4-8-14-44,45-15-9-5-10-16-45)46-17-11-6-12-18-46)58(72)68-54-59(73)71-55(43(32-64)37-82-60(54)71)61(74)80-35-41-23-29-49(77-3)30-24-41/h4-31,38,54,60H,32-37H2,1-3H3,(H,67,69)(H,68,72)/b70-53-/t54?,60-/m0/s1. The Bertz CT molecular complexity index is 3540. The number of amides is 2. The van der Waals surface area contributed by atoms with E-state index in [-0.39, 0.29) is 71.0 Å². The topological polar surface area (TPSA) is 168 Å². The molecule has 8 aromatic rings. The predicted molar refractivity (Wildman–Crippen MR) is 323 cm³/mol. The molecule has 7 aromatic carbocycles. The smallest absolute Gasteiger partial charge is 0.355 e. The van der Waals surface area contributed by atoms with E-state index in [0.29, 0.717) is 44.8 Å². The van der Waals surface area contributed by atoms with Gasteiger partial charge in [0, 0.05) is 22.6 Å². The number of methoxy groups -OCH3 is 3. The molecule has 83 heavy (non-hydrogen) atoms. The van der Waals surface area contributed by atoms with Crippen molar-refractivity contribution in [3.63, 3.8) is 0 Å². The van der Waals surface area contributed by atoms with Crippen LogP contribution in [0.5, 0.6) is 28.7 Å². The van der Waals surface area contributed by atoms with Crippen molar-refractivity contribution in [2.75, 3.05) is 38.3 Å². The van der Waals surface area contributed by atoms with E-state index >= 15 is 0 Å². The van der Waals surface area contributed by atoms with Crippen molar-refractivity contribution in [3.8, 4) is 28.7 Å². The molecule has 0 radical (unpaired) electrons. The molecular weight excluding hydrogens is 1160 g/mol. The van der Waals surface area contributed by atoms with Gasteiger partial charge in [0.1, 0.15) is 72.0 Å². The summed E-state index contributed by atoms with van der Waals surface area (Å²) >= 11 is 23.2. The van der Waals surface area contributed by atoms with Crippen LogP contribution in [-0.4, -0.2) is 77.8 Å². The lowest BCUT2D eigenvalue weighted by molar-refractivity contribution is -0.153. The minimum Gasteiger partial charge on any atom is -0.497 e. The van der Waals surface area contributed by atoms with E-state index in [1.165, 1.54) is 28.0 Å². The van der Waals surface area contributed by atoms with Crippen molar-refractivity contribution in [2.24, 2.45) is 5.16 Å². The van der Waals surface area contributed by atoms with E-state index in [1.54, 1.807) is 57.0 Å². The van der Waals surface area contributed by atoms with Crippen LogP contribution >= 0.6 is 57.9 Å². The summed E-state index contributed by atoms with van der Waals surface area (Å²) in [6.07, 6.45) is 0. The Morgan fingerprint density at radius 3 is 1.70 bits per heavy atom. The van der Waals surface area contributed by atoms with Crippen molar-refractivity contribution < 1.29 is 47.6 Å². The molecule has 0 bridgehead atoms. The predicted octanol–water partition coefficient (Wildman–Crippen LogP) is 12.6. The van der Waals surface area contributed by atoms with Gasteiger partial charge in [-0.2, -0.15) is 0 Å². The number of nitrogens with one attached hydrogen (secondary N) is 2. The summed E-state index contributed by atoms with van der Waals surface area (Å²) in [5, 5.41) is 12.8. The van der Waals surface area contributed by atoms with Gasteiger partial charge < -0.3 is 43.9 Å². The molecule has 0 aliphatic carbocycles. The molecule has 2 amide bonds. The zero-order valence-electron chi connectivity index (χ0n) is 45.0. The number of thioether (sulfide) groups is 1. The monoisotopic (exact) mass is 1210 g/mol. The highest BCUT2D eigenvalue weighted by Gasteiger charge is 2.55. The van der Waals surface area contributed by atoms with Gasteiger partial charge in [0.05, 0.1) is 31.4 Å². The number of halogens is 3. The summed E-state index contributed by atoms with van der Waals surface area (Å²) in [5.41, 5.74) is 4.94. The van der Waals surface area contributed by atoms with E-state index in [2.05, 4.69) is 15.8 Å². The number of aromatic nitrogens is 1. The van der Waals surface area contributed by atoms with Gasteiger partial charge >= 0.3 is 5.97 Å². The van der Waals surface area contributed by atoms with Crippen LogP contribution in [0.15, 0.2) is 192 Å². The molecule has 20 heteroatoms. The van der Waals surface area contributed by atoms with Crippen LogP contribution in [0.1, 0.15) is 44.6 Å². The van der Waals surface area contributed by atoms with Crippen LogP contribution < -0.4 is 34.3 Å². The van der Waals surface area contributed by atoms with Crippen molar-refractivity contribution in [1.29, 1.82) is 0 Å². The van der Waals surface area contributed by atoms with Crippen LogP contribution in [0.4, 0.5) is 5.13 Å². The highest BCUT2D eigenvalue weighted by Crippen LogP contribution is 2.46. The molecule has 1 unspecified atom stereocenters. The molecule has 2 atom stereocenters. The first kappa shape index (κ1) is 58.0. The minimum atomic E-state index is -1.10. The number of ether oxygens (including phenoxy) is 6. The number of thiazole rings is 1. The molecule has 15 nitrogen and oxygen atoms in total. The van der Waals surface area contributed by atoms with Crippen molar-refractivity contribution >= 4 is 86.5 Å². The number of hydrogen-bond donors (Lipinski definition) is 2. The highest BCUT2D eigenvalue weighted by molar-refractivity contribution is 8.00. The zero-order chi connectivity index (χ0) is 57.9. The summed E-state index contributed by atoms with van der Waals surface area (Å²) in [6, 6.07) is 52.3. The fraction of sp³-hybridized carbons (Fsp3) is 0.190. The Morgan fingerprint density at radius 1 is 0.687 bits per heavy atom. The Balaban J connectivity index is 0.964. The Hall–Kier alpha value is -8.19. The first-order valence-corrected chi connectivity index (χ1v) is 29.2. The Labute approximate surface area is 503 Å². The lowest BCUT2D eigenvalue weighted by Crippen LogP contribution is -2.71. The number of β-lactam (4-membered cyclic amide) rings is 1. The van der Waals surface area contributed by atoms with Crippen LogP contribution in [0.2, 0.25) is 10.0 Å². The second kappa shape index (κ2) is 26.8. The summed E-state index contributed by atoms with van der Waals surface area (Å²) in [7, 11) is 4.74. The van der Waals surface area contributed by atoms with Gasteiger partial charge in [-0.15, -0.1) is 34.7 Å². The molecule has 0 spiro atoms. The maximum Gasteiger partial charge on any atom is 0.355 e. The summed E-state index contributed by atoms with van der Waals surface area (Å²) in [4.78, 5) is 55.4. The van der Waals surface area contributed by atoms with Gasteiger partial charge in [-0.25, -0.2) is 9.78 Å². The fourth-order valence-electron chi connectivity index (χ4n) is 9.43. The van der Waals surface area contributed by atoms with Gasteiger partial charge in [0.15, 0.2) is 22.3 Å². The summed E-state index contributed by atoms with van der Waals surface area (Å²) in [5.74, 6) is 0.572. The number of carbonyl (C=O) groups excluding carboxylic acids is 3. The van der Waals surface area contributed by atoms with E-state index in [9.17, 15) is 14.4 Å². The molecule has 2 N–H and O–H groups in total. The maximum absolute atomic E-state index is 14.9. The minimum absolute atomic E-state index is 0.0209.